The van der Waals surface area contributed by atoms with Gasteiger partial charge in [-0.15, -0.1) is 0 Å². The normalized spacial score (nSPS) is 19.3. The molecule has 134 valence electrons. The second-order valence-electron chi connectivity index (χ2n) is 6.99. The number of fused-ring (bicyclic) bond motifs is 1. The molecule has 1 N–H and O–H groups in total. The Labute approximate surface area is 148 Å². The molecule has 0 saturated carbocycles. The summed E-state index contributed by atoms with van der Waals surface area (Å²) in [5.74, 6) is -1.40. The van der Waals surface area contributed by atoms with Gasteiger partial charge < -0.3 is 15.1 Å². The Hall–Kier alpha value is -2.37. The van der Waals surface area contributed by atoms with E-state index in [4.69, 9.17) is 0 Å². The number of rotatable bonds is 2. The van der Waals surface area contributed by atoms with Crippen molar-refractivity contribution in [3.8, 4) is 0 Å². The Morgan fingerprint density at radius 1 is 1.12 bits per heavy atom. The first kappa shape index (κ1) is 17.5. The molecule has 25 heavy (non-hydrogen) atoms. The zero-order valence-electron chi connectivity index (χ0n) is 14.9. The predicted octanol–water partition coefficient (Wildman–Crippen LogP) is 1.58. The number of amides is 3. The third-order valence-electron chi connectivity index (χ3n) is 5.08. The van der Waals surface area contributed by atoms with Gasteiger partial charge in [0.2, 0.25) is 5.91 Å². The fourth-order valence-corrected chi connectivity index (χ4v) is 3.77. The smallest absolute Gasteiger partial charge is 0.313 e. The van der Waals surface area contributed by atoms with Crippen LogP contribution in [0.3, 0.4) is 0 Å². The van der Waals surface area contributed by atoms with E-state index in [1.807, 2.05) is 12.1 Å². The summed E-state index contributed by atoms with van der Waals surface area (Å²) in [7, 11) is 3.33. The van der Waals surface area contributed by atoms with E-state index in [2.05, 4.69) is 11.4 Å². The highest BCUT2D eigenvalue weighted by Crippen LogP contribution is 2.28. The molecule has 2 aliphatic rings. The molecule has 0 bridgehead atoms. The van der Waals surface area contributed by atoms with Gasteiger partial charge in [-0.25, -0.2) is 0 Å². The number of carbonyl (C=O) groups excluding carboxylic acids is 3. The number of hydrogen-bond donors (Lipinski definition) is 1. The van der Waals surface area contributed by atoms with Gasteiger partial charge >= 0.3 is 11.8 Å². The van der Waals surface area contributed by atoms with Gasteiger partial charge in [0.05, 0.1) is 0 Å². The van der Waals surface area contributed by atoms with Crippen molar-refractivity contribution in [2.75, 3.05) is 26.0 Å². The summed E-state index contributed by atoms with van der Waals surface area (Å²) in [6, 6.07) is 5.32. The van der Waals surface area contributed by atoms with Crippen LogP contribution in [-0.2, 0) is 27.2 Å². The van der Waals surface area contributed by atoms with Crippen LogP contribution in [0.2, 0.25) is 0 Å². The number of likely N-dealkylation sites (N-methyl/N-ethyl adjacent to an activating group) is 1. The Morgan fingerprint density at radius 3 is 2.64 bits per heavy atom. The maximum atomic E-state index is 12.6. The van der Waals surface area contributed by atoms with Crippen LogP contribution in [0.4, 0.5) is 5.69 Å². The summed E-state index contributed by atoms with van der Waals surface area (Å²) in [6.45, 7) is 0.448. The van der Waals surface area contributed by atoms with Crippen molar-refractivity contribution in [2.24, 2.45) is 0 Å². The molecule has 1 heterocycles. The maximum Gasteiger partial charge on any atom is 0.313 e. The molecule has 0 spiro atoms. The maximum absolute atomic E-state index is 12.6. The lowest BCUT2D eigenvalue weighted by Gasteiger charge is -2.26. The van der Waals surface area contributed by atoms with Crippen LogP contribution in [0.25, 0.3) is 0 Å². The average molecular weight is 343 g/mol. The first-order chi connectivity index (χ1) is 12.0. The first-order valence-electron chi connectivity index (χ1n) is 8.93. The fourth-order valence-electron chi connectivity index (χ4n) is 3.77. The highest BCUT2D eigenvalue weighted by atomic mass is 16.2. The second kappa shape index (κ2) is 7.25. The molecule has 1 aliphatic carbocycles. The van der Waals surface area contributed by atoms with E-state index in [1.165, 1.54) is 15.4 Å². The molecule has 1 saturated heterocycles. The van der Waals surface area contributed by atoms with Crippen molar-refractivity contribution in [1.29, 1.82) is 0 Å². The molecule has 1 unspecified atom stereocenters. The molecule has 6 heteroatoms. The molecular formula is C19H25N3O3. The van der Waals surface area contributed by atoms with E-state index in [0.717, 1.165) is 43.4 Å². The van der Waals surface area contributed by atoms with Crippen LogP contribution < -0.4 is 5.32 Å². The molecule has 1 fully saturated rings. The number of anilines is 1. The molecule has 1 aromatic carbocycles. The van der Waals surface area contributed by atoms with Crippen molar-refractivity contribution in [1.82, 2.24) is 9.80 Å². The molecule has 3 rings (SSSR count). The van der Waals surface area contributed by atoms with E-state index < -0.39 is 17.9 Å². The summed E-state index contributed by atoms with van der Waals surface area (Å²) in [5.41, 5.74) is 3.11. The zero-order chi connectivity index (χ0) is 18.0. The SMILES string of the molecule is CN(C)C(=O)C1CCCN1C(=O)C(=O)Nc1cccc2c1CCCC2. The van der Waals surface area contributed by atoms with Gasteiger partial charge in [-0.3, -0.25) is 14.4 Å². The van der Waals surface area contributed by atoms with Crippen LogP contribution in [0.1, 0.15) is 36.8 Å². The molecule has 1 atom stereocenters. The molecule has 3 amide bonds. The monoisotopic (exact) mass is 343 g/mol. The Morgan fingerprint density at radius 2 is 1.88 bits per heavy atom. The van der Waals surface area contributed by atoms with E-state index in [-0.39, 0.29) is 5.91 Å². The minimum absolute atomic E-state index is 0.129. The third-order valence-corrected chi connectivity index (χ3v) is 5.08. The number of nitrogens with zero attached hydrogens (tertiary/aromatic N) is 2. The first-order valence-corrected chi connectivity index (χ1v) is 8.93. The predicted molar refractivity (Wildman–Crippen MR) is 95.1 cm³/mol. The average Bonchev–Trinajstić information content (AvgIpc) is 3.10. The third kappa shape index (κ3) is 3.52. The molecule has 1 aliphatic heterocycles. The van der Waals surface area contributed by atoms with Gasteiger partial charge in [0.25, 0.3) is 0 Å². The zero-order valence-corrected chi connectivity index (χ0v) is 14.9. The van der Waals surface area contributed by atoms with Crippen molar-refractivity contribution in [3.63, 3.8) is 0 Å². The van der Waals surface area contributed by atoms with Crippen LogP contribution in [0.5, 0.6) is 0 Å². The number of benzene rings is 1. The minimum atomic E-state index is -0.655. The van der Waals surface area contributed by atoms with Crippen molar-refractivity contribution < 1.29 is 14.4 Å². The van der Waals surface area contributed by atoms with Crippen molar-refractivity contribution in [3.05, 3.63) is 29.3 Å². The number of hydrogen-bond acceptors (Lipinski definition) is 3. The molecule has 0 radical (unpaired) electrons. The minimum Gasteiger partial charge on any atom is -0.347 e. The summed E-state index contributed by atoms with van der Waals surface area (Å²) in [5, 5.41) is 2.78. The highest BCUT2D eigenvalue weighted by Gasteiger charge is 2.37. The van der Waals surface area contributed by atoms with Gasteiger partial charge in [0.1, 0.15) is 6.04 Å². The van der Waals surface area contributed by atoms with Gasteiger partial charge in [-0.2, -0.15) is 0 Å². The van der Waals surface area contributed by atoms with E-state index in [9.17, 15) is 14.4 Å². The second-order valence-corrected chi connectivity index (χ2v) is 6.99. The standard InChI is InChI=1S/C19H25N3O3/c1-21(2)18(24)16-11-6-12-22(16)19(25)17(23)20-15-10-5-8-13-7-3-4-9-14(13)15/h5,8,10,16H,3-4,6-7,9,11-12H2,1-2H3,(H,20,23). The van der Waals surface area contributed by atoms with Crippen molar-refractivity contribution >= 4 is 23.4 Å². The van der Waals surface area contributed by atoms with Crippen LogP contribution in [0, 0.1) is 0 Å². The Kier molecular flexibility index (Phi) is 5.06. The molecular weight excluding hydrogens is 318 g/mol. The van der Waals surface area contributed by atoms with E-state index >= 15 is 0 Å². The Balaban J connectivity index is 1.73. The number of nitrogens with one attached hydrogen (secondary N) is 1. The summed E-state index contributed by atoms with van der Waals surface area (Å²) < 4.78 is 0. The topological polar surface area (TPSA) is 69.7 Å². The molecule has 1 aromatic rings. The fraction of sp³-hybridized carbons (Fsp3) is 0.526. The molecule has 0 aromatic heterocycles. The number of likely N-dealkylation sites (tertiary alicyclic amines) is 1. The van der Waals surface area contributed by atoms with E-state index in [1.54, 1.807) is 14.1 Å². The lowest BCUT2D eigenvalue weighted by atomic mass is 9.90. The number of aryl methyl sites for hydroxylation is 1. The van der Waals surface area contributed by atoms with Crippen molar-refractivity contribution in [2.45, 2.75) is 44.6 Å². The lowest BCUT2D eigenvalue weighted by molar-refractivity contribution is -0.147. The van der Waals surface area contributed by atoms with Crippen LogP contribution in [0.15, 0.2) is 18.2 Å². The lowest BCUT2D eigenvalue weighted by Crippen LogP contribution is -2.49. The largest absolute Gasteiger partial charge is 0.347 e. The van der Waals surface area contributed by atoms with Crippen LogP contribution >= 0.6 is 0 Å². The van der Waals surface area contributed by atoms with E-state index in [0.29, 0.717) is 13.0 Å². The van der Waals surface area contributed by atoms with Gasteiger partial charge in [-0.1, -0.05) is 12.1 Å². The van der Waals surface area contributed by atoms with Gasteiger partial charge in [0, 0.05) is 26.3 Å². The summed E-state index contributed by atoms with van der Waals surface area (Å²) in [4.78, 5) is 40.2. The molecule has 6 nitrogen and oxygen atoms in total. The highest BCUT2D eigenvalue weighted by molar-refractivity contribution is 6.40. The summed E-state index contributed by atoms with van der Waals surface area (Å²) >= 11 is 0. The van der Waals surface area contributed by atoms with Crippen LogP contribution in [-0.4, -0.2) is 54.2 Å². The summed E-state index contributed by atoms with van der Waals surface area (Å²) in [6.07, 6.45) is 5.54. The van der Waals surface area contributed by atoms with Gasteiger partial charge in [0.15, 0.2) is 0 Å². The van der Waals surface area contributed by atoms with Gasteiger partial charge in [-0.05, 0) is 55.7 Å². The Bertz CT molecular complexity index is 699. The number of carbonyl (C=O) groups is 3. The quantitative estimate of drug-likeness (QED) is 0.829.